The Balaban J connectivity index is 1.78. The summed E-state index contributed by atoms with van der Waals surface area (Å²) in [7, 11) is 2.20. The Kier molecular flexibility index (Phi) is 4.58. The lowest BCUT2D eigenvalue weighted by molar-refractivity contribution is 0.0629. The summed E-state index contributed by atoms with van der Waals surface area (Å²) in [5, 5.41) is 2.40. The van der Waals surface area contributed by atoms with Crippen LogP contribution in [0.2, 0.25) is 0 Å². The number of nitrogens with zero attached hydrogens (tertiary/aromatic N) is 2. The fourth-order valence-corrected chi connectivity index (χ4v) is 2.83. The Morgan fingerprint density at radius 3 is 2.50 bits per heavy atom. The molecule has 4 heteroatoms. The number of rotatable bonds is 3. The predicted octanol–water partition coefficient (Wildman–Crippen LogP) is 0.256. The molecular weight excluding hydrogens is 200 g/mol. The van der Waals surface area contributed by atoms with Crippen LogP contribution in [0.25, 0.3) is 0 Å². The largest absolute Gasteiger partial charge is 0.330 e. The maximum atomic E-state index is 5.85. The molecule has 4 nitrogen and oxygen atoms in total. The van der Waals surface area contributed by atoms with Crippen LogP contribution in [0.5, 0.6) is 0 Å². The van der Waals surface area contributed by atoms with Gasteiger partial charge in [-0.2, -0.15) is 0 Å². The first-order valence-electron chi connectivity index (χ1n) is 6.69. The lowest BCUT2D eigenvalue weighted by Gasteiger charge is -2.39. The highest BCUT2D eigenvalue weighted by molar-refractivity contribution is 4.81. The van der Waals surface area contributed by atoms with Crippen LogP contribution in [-0.4, -0.2) is 55.7 Å². The second kappa shape index (κ2) is 5.96. The Morgan fingerprint density at radius 1 is 1.12 bits per heavy atom. The second-order valence-corrected chi connectivity index (χ2v) is 5.31. The van der Waals surface area contributed by atoms with Crippen LogP contribution in [0.1, 0.15) is 25.7 Å². The summed E-state index contributed by atoms with van der Waals surface area (Å²) in [4.78, 5) is 2.39. The average Bonchev–Trinajstić information content (AvgIpc) is 2.33. The minimum absolute atomic E-state index is 0.627. The molecule has 0 aromatic rings. The van der Waals surface area contributed by atoms with E-state index in [0.29, 0.717) is 12.0 Å². The van der Waals surface area contributed by atoms with Gasteiger partial charge in [0.2, 0.25) is 0 Å². The van der Waals surface area contributed by atoms with Crippen molar-refractivity contribution in [1.29, 1.82) is 0 Å². The van der Waals surface area contributed by atoms with Crippen molar-refractivity contribution in [2.75, 3.05) is 39.8 Å². The van der Waals surface area contributed by atoms with Crippen molar-refractivity contribution in [2.45, 2.75) is 31.7 Å². The van der Waals surface area contributed by atoms with Crippen molar-refractivity contribution < 1.29 is 0 Å². The number of piperazine rings is 1. The van der Waals surface area contributed by atoms with Crippen LogP contribution in [0, 0.1) is 5.92 Å². The summed E-state index contributed by atoms with van der Waals surface area (Å²) in [5.41, 5.74) is 9.56. The molecule has 1 aliphatic carbocycles. The lowest BCUT2D eigenvalue weighted by atomic mass is 9.85. The van der Waals surface area contributed by atoms with Gasteiger partial charge in [-0.3, -0.25) is 5.43 Å². The molecule has 0 aromatic carbocycles. The standard InChI is InChI=1S/C12H26N4/c1-15-6-8-16(9-7-15)14-12-5-3-2-4-11(12)10-13/h11-12,14H,2-10,13H2,1H3. The summed E-state index contributed by atoms with van der Waals surface area (Å²) in [6, 6.07) is 0.627. The molecule has 2 rings (SSSR count). The number of nitrogens with two attached hydrogens (primary N) is 1. The van der Waals surface area contributed by atoms with Crippen molar-refractivity contribution in [2.24, 2.45) is 11.7 Å². The van der Waals surface area contributed by atoms with E-state index in [2.05, 4.69) is 22.4 Å². The first-order chi connectivity index (χ1) is 7.79. The van der Waals surface area contributed by atoms with Crippen LogP contribution >= 0.6 is 0 Å². The van der Waals surface area contributed by atoms with E-state index in [0.717, 1.165) is 19.6 Å². The third-order valence-electron chi connectivity index (χ3n) is 4.06. The Hall–Kier alpha value is -0.160. The zero-order valence-electron chi connectivity index (χ0n) is 10.5. The van der Waals surface area contributed by atoms with Gasteiger partial charge < -0.3 is 10.6 Å². The summed E-state index contributed by atoms with van der Waals surface area (Å²) in [6.45, 7) is 5.47. The molecule has 0 aromatic heterocycles. The van der Waals surface area contributed by atoms with E-state index in [1.54, 1.807) is 0 Å². The zero-order chi connectivity index (χ0) is 11.4. The Morgan fingerprint density at radius 2 is 1.81 bits per heavy atom. The summed E-state index contributed by atoms with van der Waals surface area (Å²) >= 11 is 0. The van der Waals surface area contributed by atoms with E-state index in [1.165, 1.54) is 38.8 Å². The fourth-order valence-electron chi connectivity index (χ4n) is 2.83. The fraction of sp³-hybridized carbons (Fsp3) is 1.00. The van der Waals surface area contributed by atoms with Gasteiger partial charge in [0.1, 0.15) is 0 Å². The first-order valence-corrected chi connectivity index (χ1v) is 6.69. The normalized spacial score (nSPS) is 34.1. The third-order valence-corrected chi connectivity index (χ3v) is 4.06. The van der Waals surface area contributed by atoms with Gasteiger partial charge in [-0.25, -0.2) is 5.01 Å². The molecule has 1 saturated carbocycles. The molecule has 2 unspecified atom stereocenters. The number of hydrogen-bond acceptors (Lipinski definition) is 4. The van der Waals surface area contributed by atoms with Crippen molar-refractivity contribution >= 4 is 0 Å². The summed E-state index contributed by atoms with van der Waals surface area (Å²) < 4.78 is 0. The molecule has 1 heterocycles. The number of nitrogens with one attached hydrogen (secondary N) is 1. The molecule has 2 atom stereocenters. The highest BCUT2D eigenvalue weighted by Crippen LogP contribution is 2.23. The van der Waals surface area contributed by atoms with Gasteiger partial charge in [-0.1, -0.05) is 12.8 Å². The van der Waals surface area contributed by atoms with Crippen molar-refractivity contribution in [3.8, 4) is 0 Å². The topological polar surface area (TPSA) is 44.5 Å². The molecule has 0 spiro atoms. The second-order valence-electron chi connectivity index (χ2n) is 5.31. The van der Waals surface area contributed by atoms with Crippen LogP contribution in [0.3, 0.4) is 0 Å². The van der Waals surface area contributed by atoms with Crippen LogP contribution < -0.4 is 11.2 Å². The molecule has 1 saturated heterocycles. The van der Waals surface area contributed by atoms with Gasteiger partial charge >= 0.3 is 0 Å². The van der Waals surface area contributed by atoms with Crippen LogP contribution in [-0.2, 0) is 0 Å². The molecule has 0 radical (unpaired) electrons. The third kappa shape index (κ3) is 3.17. The maximum absolute atomic E-state index is 5.85. The van der Waals surface area contributed by atoms with E-state index in [4.69, 9.17) is 5.73 Å². The van der Waals surface area contributed by atoms with Gasteiger partial charge in [-0.05, 0) is 32.4 Å². The molecule has 2 aliphatic rings. The highest BCUT2D eigenvalue weighted by atomic mass is 15.5. The van der Waals surface area contributed by atoms with E-state index in [9.17, 15) is 0 Å². The van der Waals surface area contributed by atoms with Gasteiger partial charge in [0.05, 0.1) is 0 Å². The molecule has 0 amide bonds. The van der Waals surface area contributed by atoms with Gasteiger partial charge in [0, 0.05) is 32.2 Å². The average molecular weight is 226 g/mol. The molecule has 3 N–H and O–H groups in total. The Bertz CT molecular complexity index is 201. The maximum Gasteiger partial charge on any atom is 0.0259 e. The number of hydrazine groups is 1. The molecular formula is C12H26N4. The molecule has 1 aliphatic heterocycles. The lowest BCUT2D eigenvalue weighted by Crippen LogP contribution is -2.56. The monoisotopic (exact) mass is 226 g/mol. The number of likely N-dealkylation sites (N-methyl/N-ethyl adjacent to an activating group) is 1. The Labute approximate surface area is 99.1 Å². The van der Waals surface area contributed by atoms with E-state index >= 15 is 0 Å². The van der Waals surface area contributed by atoms with Gasteiger partial charge in [-0.15, -0.1) is 0 Å². The SMILES string of the molecule is CN1CCN(NC2CCCCC2CN)CC1. The number of hydrogen-bond donors (Lipinski definition) is 2. The first kappa shape index (κ1) is 12.3. The quantitative estimate of drug-likeness (QED) is 0.724. The molecule has 16 heavy (non-hydrogen) atoms. The molecule has 94 valence electrons. The minimum atomic E-state index is 0.627. The van der Waals surface area contributed by atoms with E-state index < -0.39 is 0 Å². The minimum Gasteiger partial charge on any atom is -0.330 e. The zero-order valence-corrected chi connectivity index (χ0v) is 10.5. The van der Waals surface area contributed by atoms with E-state index in [1.807, 2.05) is 0 Å². The van der Waals surface area contributed by atoms with Crippen LogP contribution in [0.15, 0.2) is 0 Å². The van der Waals surface area contributed by atoms with Crippen molar-refractivity contribution in [1.82, 2.24) is 15.3 Å². The van der Waals surface area contributed by atoms with Crippen LogP contribution in [0.4, 0.5) is 0 Å². The predicted molar refractivity (Wildman–Crippen MR) is 67.0 cm³/mol. The molecule has 2 fully saturated rings. The summed E-state index contributed by atoms with van der Waals surface area (Å²) in [6.07, 6.45) is 5.33. The summed E-state index contributed by atoms with van der Waals surface area (Å²) in [5.74, 6) is 0.688. The van der Waals surface area contributed by atoms with E-state index in [-0.39, 0.29) is 0 Å². The van der Waals surface area contributed by atoms with Crippen molar-refractivity contribution in [3.63, 3.8) is 0 Å². The van der Waals surface area contributed by atoms with Crippen molar-refractivity contribution in [3.05, 3.63) is 0 Å². The molecule has 0 bridgehead atoms. The van der Waals surface area contributed by atoms with Gasteiger partial charge in [0.25, 0.3) is 0 Å². The van der Waals surface area contributed by atoms with Gasteiger partial charge in [0.15, 0.2) is 0 Å². The smallest absolute Gasteiger partial charge is 0.0259 e. The highest BCUT2D eigenvalue weighted by Gasteiger charge is 2.26.